The van der Waals surface area contributed by atoms with Gasteiger partial charge in [0.05, 0.1) is 0 Å². The Morgan fingerprint density at radius 1 is 0.719 bits per heavy atom. The standard InChI is InChI=1S/C25H48N2O5/c1-9-11-13-15-19(16-14-12-10-2)26-23(30)27-20(22(29)32-25(6,7)8)17-18-21(28)31-24(3,4)5/h19-20H,9-18H2,1-8H3,(H2,26,27,30)/t20-/m0/s1. The van der Waals surface area contributed by atoms with Crippen LogP contribution in [0.3, 0.4) is 0 Å². The molecule has 0 aliphatic rings. The summed E-state index contributed by atoms with van der Waals surface area (Å²) in [6.45, 7) is 15.0. The van der Waals surface area contributed by atoms with Gasteiger partial charge in [-0.3, -0.25) is 4.79 Å². The molecule has 0 radical (unpaired) electrons. The minimum Gasteiger partial charge on any atom is -0.460 e. The van der Waals surface area contributed by atoms with Gasteiger partial charge >= 0.3 is 18.0 Å². The zero-order chi connectivity index (χ0) is 24.8. The summed E-state index contributed by atoms with van der Waals surface area (Å²) in [5.74, 6) is -0.963. The SMILES string of the molecule is CCCCCC(CCCCC)NC(=O)N[C@@H](CCC(=O)OC(C)(C)C)C(=O)OC(C)(C)C. The number of amides is 2. The minimum absolute atomic E-state index is 0.0118. The van der Waals surface area contributed by atoms with E-state index in [1.807, 2.05) is 0 Å². The highest BCUT2D eigenvalue weighted by Gasteiger charge is 2.28. The lowest BCUT2D eigenvalue weighted by molar-refractivity contribution is -0.158. The number of hydrogen-bond acceptors (Lipinski definition) is 5. The van der Waals surface area contributed by atoms with E-state index in [1.165, 1.54) is 0 Å². The molecule has 0 rings (SSSR count). The van der Waals surface area contributed by atoms with Gasteiger partial charge in [-0.15, -0.1) is 0 Å². The smallest absolute Gasteiger partial charge is 0.329 e. The van der Waals surface area contributed by atoms with E-state index in [4.69, 9.17) is 9.47 Å². The van der Waals surface area contributed by atoms with Crippen molar-refractivity contribution in [2.45, 2.75) is 143 Å². The molecule has 7 heteroatoms. The van der Waals surface area contributed by atoms with E-state index in [2.05, 4.69) is 24.5 Å². The van der Waals surface area contributed by atoms with Crippen LogP contribution in [0.4, 0.5) is 4.79 Å². The van der Waals surface area contributed by atoms with E-state index in [-0.39, 0.29) is 18.9 Å². The molecular weight excluding hydrogens is 408 g/mol. The molecule has 7 nitrogen and oxygen atoms in total. The maximum atomic E-state index is 12.7. The third-order valence-electron chi connectivity index (χ3n) is 4.70. The lowest BCUT2D eigenvalue weighted by Crippen LogP contribution is -2.50. The van der Waals surface area contributed by atoms with E-state index in [0.717, 1.165) is 51.4 Å². The van der Waals surface area contributed by atoms with Gasteiger partial charge in [-0.05, 0) is 60.8 Å². The Morgan fingerprint density at radius 2 is 1.22 bits per heavy atom. The second kappa shape index (κ2) is 15.1. The van der Waals surface area contributed by atoms with Crippen molar-refractivity contribution in [2.75, 3.05) is 0 Å². The molecule has 2 amide bonds. The fourth-order valence-electron chi connectivity index (χ4n) is 3.23. The van der Waals surface area contributed by atoms with Gasteiger partial charge in [-0.25, -0.2) is 9.59 Å². The monoisotopic (exact) mass is 456 g/mol. The average Bonchev–Trinajstić information content (AvgIpc) is 2.62. The van der Waals surface area contributed by atoms with Gasteiger partial charge < -0.3 is 20.1 Å². The number of urea groups is 1. The van der Waals surface area contributed by atoms with E-state index >= 15 is 0 Å². The summed E-state index contributed by atoms with van der Waals surface area (Å²) in [6.07, 6.45) is 8.58. The van der Waals surface area contributed by atoms with Crippen molar-refractivity contribution in [3.8, 4) is 0 Å². The highest BCUT2D eigenvalue weighted by Crippen LogP contribution is 2.14. The number of esters is 2. The molecule has 0 unspecified atom stereocenters. The Balaban J connectivity index is 5.07. The van der Waals surface area contributed by atoms with Crippen LogP contribution in [-0.2, 0) is 19.1 Å². The molecule has 32 heavy (non-hydrogen) atoms. The lowest BCUT2D eigenvalue weighted by Gasteiger charge is -2.26. The van der Waals surface area contributed by atoms with Gasteiger partial charge in [-0.1, -0.05) is 52.4 Å². The number of unbranched alkanes of at least 4 members (excludes halogenated alkanes) is 4. The maximum absolute atomic E-state index is 12.7. The summed E-state index contributed by atoms with van der Waals surface area (Å²) in [4.78, 5) is 37.5. The van der Waals surface area contributed by atoms with Crippen LogP contribution in [0.15, 0.2) is 0 Å². The van der Waals surface area contributed by atoms with Crippen molar-refractivity contribution in [1.29, 1.82) is 0 Å². The Hall–Kier alpha value is -1.79. The van der Waals surface area contributed by atoms with E-state index in [1.54, 1.807) is 41.5 Å². The summed E-state index contributed by atoms with van der Waals surface area (Å²) in [6, 6.07) is -1.25. The first-order valence-electron chi connectivity index (χ1n) is 12.3. The first kappa shape index (κ1) is 30.2. The molecule has 0 aromatic heterocycles. The Morgan fingerprint density at radius 3 is 1.66 bits per heavy atom. The molecule has 0 fully saturated rings. The van der Waals surface area contributed by atoms with Gasteiger partial charge in [0.15, 0.2) is 0 Å². The average molecular weight is 457 g/mol. The zero-order valence-electron chi connectivity index (χ0n) is 21.8. The molecule has 2 N–H and O–H groups in total. The van der Waals surface area contributed by atoms with Crippen molar-refractivity contribution in [3.63, 3.8) is 0 Å². The highest BCUT2D eigenvalue weighted by molar-refractivity contribution is 5.84. The van der Waals surface area contributed by atoms with Gasteiger partial charge in [0, 0.05) is 12.5 Å². The highest BCUT2D eigenvalue weighted by atomic mass is 16.6. The van der Waals surface area contributed by atoms with Crippen molar-refractivity contribution in [1.82, 2.24) is 10.6 Å². The molecule has 0 aromatic rings. The number of hydrogen-bond donors (Lipinski definition) is 2. The van der Waals surface area contributed by atoms with E-state index < -0.39 is 35.2 Å². The largest absolute Gasteiger partial charge is 0.460 e. The number of rotatable bonds is 14. The molecule has 0 aromatic carbocycles. The van der Waals surface area contributed by atoms with Gasteiger partial charge in [-0.2, -0.15) is 0 Å². The first-order valence-corrected chi connectivity index (χ1v) is 12.3. The maximum Gasteiger partial charge on any atom is 0.329 e. The Bertz CT molecular complexity index is 554. The molecule has 0 saturated carbocycles. The van der Waals surface area contributed by atoms with Crippen LogP contribution in [-0.4, -0.2) is 41.3 Å². The van der Waals surface area contributed by atoms with Crippen LogP contribution in [0, 0.1) is 0 Å². The van der Waals surface area contributed by atoms with E-state index in [9.17, 15) is 14.4 Å². The van der Waals surface area contributed by atoms with Crippen LogP contribution in [0.1, 0.15) is 120 Å². The van der Waals surface area contributed by atoms with E-state index in [0.29, 0.717) is 0 Å². The second-order valence-corrected chi connectivity index (χ2v) is 10.5. The van der Waals surface area contributed by atoms with Gasteiger partial charge in [0.1, 0.15) is 17.2 Å². The van der Waals surface area contributed by atoms with Crippen LogP contribution in [0.2, 0.25) is 0 Å². The predicted molar refractivity (Wildman–Crippen MR) is 128 cm³/mol. The molecule has 0 heterocycles. The molecule has 1 atom stereocenters. The van der Waals surface area contributed by atoms with Crippen molar-refractivity contribution < 1.29 is 23.9 Å². The summed E-state index contributed by atoms with van der Waals surface area (Å²) < 4.78 is 10.8. The Labute approximate surface area is 195 Å². The quantitative estimate of drug-likeness (QED) is 0.260. The van der Waals surface area contributed by atoms with Crippen LogP contribution < -0.4 is 10.6 Å². The third-order valence-corrected chi connectivity index (χ3v) is 4.70. The molecule has 0 saturated heterocycles. The van der Waals surface area contributed by atoms with Crippen LogP contribution in [0.25, 0.3) is 0 Å². The molecule has 0 aliphatic heterocycles. The number of carbonyl (C=O) groups is 3. The fraction of sp³-hybridized carbons (Fsp3) is 0.880. The second-order valence-electron chi connectivity index (χ2n) is 10.5. The van der Waals surface area contributed by atoms with Crippen LogP contribution in [0.5, 0.6) is 0 Å². The predicted octanol–water partition coefficient (Wildman–Crippen LogP) is 5.65. The summed E-state index contributed by atoms with van der Waals surface area (Å²) in [5.41, 5.74) is -1.30. The number of carbonyl (C=O) groups excluding carboxylic acids is 3. The molecule has 188 valence electrons. The normalized spacial score (nSPS) is 12.9. The summed E-state index contributed by atoms with van der Waals surface area (Å²) >= 11 is 0. The topological polar surface area (TPSA) is 93.7 Å². The minimum atomic E-state index is -0.923. The molecule has 0 spiro atoms. The number of nitrogens with one attached hydrogen (secondary N) is 2. The number of ether oxygens (including phenoxy) is 2. The van der Waals surface area contributed by atoms with Crippen LogP contribution >= 0.6 is 0 Å². The summed E-state index contributed by atoms with van der Waals surface area (Å²) in [7, 11) is 0. The third kappa shape index (κ3) is 16.8. The zero-order valence-corrected chi connectivity index (χ0v) is 21.8. The first-order chi connectivity index (χ1) is 14.8. The Kier molecular flexibility index (Phi) is 14.3. The van der Waals surface area contributed by atoms with Crippen molar-refractivity contribution >= 4 is 18.0 Å². The van der Waals surface area contributed by atoms with Gasteiger partial charge in [0.25, 0.3) is 0 Å². The van der Waals surface area contributed by atoms with Crippen molar-refractivity contribution in [2.24, 2.45) is 0 Å². The molecular formula is C25H48N2O5. The lowest BCUT2D eigenvalue weighted by atomic mass is 10.0. The summed E-state index contributed by atoms with van der Waals surface area (Å²) in [5, 5.41) is 5.77. The molecule has 0 aliphatic carbocycles. The fourth-order valence-corrected chi connectivity index (χ4v) is 3.23. The van der Waals surface area contributed by atoms with Crippen molar-refractivity contribution in [3.05, 3.63) is 0 Å². The van der Waals surface area contributed by atoms with Gasteiger partial charge in [0.2, 0.25) is 0 Å². The molecule has 0 bridgehead atoms.